The number of benzene rings is 1. The first-order valence-corrected chi connectivity index (χ1v) is 9.41. The maximum atomic E-state index is 12.6. The first-order chi connectivity index (χ1) is 12.6. The summed E-state index contributed by atoms with van der Waals surface area (Å²) in [6.07, 6.45) is 4.32. The van der Waals surface area contributed by atoms with E-state index in [1.807, 2.05) is 38.1 Å². The molecule has 2 heterocycles. The van der Waals surface area contributed by atoms with E-state index in [1.54, 1.807) is 0 Å². The molecule has 142 valence electrons. The first kappa shape index (κ1) is 19.2. The van der Waals surface area contributed by atoms with Gasteiger partial charge in [0.15, 0.2) is 0 Å². The van der Waals surface area contributed by atoms with Crippen LogP contribution in [0.1, 0.15) is 61.8 Å². The van der Waals surface area contributed by atoms with Crippen LogP contribution < -0.4 is 9.80 Å². The van der Waals surface area contributed by atoms with Crippen molar-refractivity contribution >= 4 is 23.7 Å². The number of rotatable bonds is 3. The molecule has 5 nitrogen and oxygen atoms in total. The number of quaternary nitrogens is 1. The molecule has 0 saturated heterocycles. The number of nitrogens with zero attached hydrogens (tertiary/aromatic N) is 3. The minimum absolute atomic E-state index is 0.0745. The van der Waals surface area contributed by atoms with E-state index in [4.69, 9.17) is 4.98 Å². The molecule has 1 aliphatic heterocycles. The van der Waals surface area contributed by atoms with Crippen LogP contribution in [-0.4, -0.2) is 27.5 Å². The van der Waals surface area contributed by atoms with Gasteiger partial charge in [0, 0.05) is 11.6 Å². The molecule has 3 rings (SSSR count). The molecule has 1 aromatic heterocycles. The fraction of sp³-hybridized carbons (Fsp3) is 0.409. The van der Waals surface area contributed by atoms with E-state index in [2.05, 4.69) is 57.2 Å². The van der Waals surface area contributed by atoms with Crippen LogP contribution >= 0.6 is 0 Å². The molecule has 1 amide bonds. The van der Waals surface area contributed by atoms with Crippen LogP contribution in [0.2, 0.25) is 0 Å². The molecule has 0 aliphatic carbocycles. The number of aromatic nitrogens is 2. The van der Waals surface area contributed by atoms with Gasteiger partial charge in [0.2, 0.25) is 11.8 Å². The summed E-state index contributed by atoms with van der Waals surface area (Å²) >= 11 is 0. The number of hydrogen-bond acceptors (Lipinski definition) is 3. The Hall–Kier alpha value is -2.53. The van der Waals surface area contributed by atoms with E-state index in [9.17, 15) is 4.79 Å². The van der Waals surface area contributed by atoms with Crippen molar-refractivity contribution in [2.24, 2.45) is 0 Å². The SMILES string of the molecule is Cc1ccc(C(=O)Nc2nc(C)c3c(n2)[N+](C(C)C)(C(C)(C)C)C=C3)cc1. The summed E-state index contributed by atoms with van der Waals surface area (Å²) in [7, 11) is 0. The van der Waals surface area contributed by atoms with Gasteiger partial charge in [0.25, 0.3) is 5.91 Å². The fourth-order valence-corrected chi connectivity index (χ4v) is 3.97. The second-order valence-electron chi connectivity index (χ2n) is 8.55. The number of aryl methyl sites for hydroxylation is 2. The molecule has 1 N–H and O–H groups in total. The highest BCUT2D eigenvalue weighted by Crippen LogP contribution is 2.44. The number of fused-ring (bicyclic) bond motifs is 1. The topological polar surface area (TPSA) is 54.9 Å². The third kappa shape index (κ3) is 3.16. The Morgan fingerprint density at radius 3 is 2.26 bits per heavy atom. The van der Waals surface area contributed by atoms with Crippen LogP contribution in [-0.2, 0) is 0 Å². The number of amides is 1. The van der Waals surface area contributed by atoms with Gasteiger partial charge in [0.1, 0.15) is 11.7 Å². The highest BCUT2D eigenvalue weighted by atomic mass is 16.1. The van der Waals surface area contributed by atoms with Gasteiger partial charge >= 0.3 is 0 Å². The maximum absolute atomic E-state index is 12.6. The van der Waals surface area contributed by atoms with Gasteiger partial charge in [0.05, 0.1) is 17.3 Å². The van der Waals surface area contributed by atoms with Gasteiger partial charge in [-0.3, -0.25) is 10.1 Å². The molecule has 27 heavy (non-hydrogen) atoms. The Kier molecular flexibility index (Phi) is 4.68. The van der Waals surface area contributed by atoms with Crippen LogP contribution in [0.5, 0.6) is 0 Å². The zero-order chi connectivity index (χ0) is 20.0. The lowest BCUT2D eigenvalue weighted by atomic mass is 9.99. The zero-order valence-corrected chi connectivity index (χ0v) is 17.3. The molecule has 0 radical (unpaired) electrons. The normalized spacial score (nSPS) is 18.7. The van der Waals surface area contributed by atoms with E-state index >= 15 is 0 Å². The van der Waals surface area contributed by atoms with E-state index in [0.717, 1.165) is 22.6 Å². The summed E-state index contributed by atoms with van der Waals surface area (Å²) in [6.45, 7) is 15.0. The summed E-state index contributed by atoms with van der Waals surface area (Å²) in [6, 6.07) is 7.78. The molecule has 0 spiro atoms. The molecule has 1 aliphatic rings. The Balaban J connectivity index is 2.02. The van der Waals surface area contributed by atoms with Crippen molar-refractivity contribution in [1.29, 1.82) is 0 Å². The zero-order valence-electron chi connectivity index (χ0n) is 17.3. The lowest BCUT2D eigenvalue weighted by Crippen LogP contribution is -2.61. The molecule has 1 atom stereocenters. The molecular formula is C22H29N4O+. The third-order valence-electron chi connectivity index (χ3n) is 5.41. The van der Waals surface area contributed by atoms with E-state index in [1.165, 1.54) is 0 Å². The second-order valence-corrected chi connectivity index (χ2v) is 8.55. The van der Waals surface area contributed by atoms with E-state index in [0.29, 0.717) is 22.0 Å². The largest absolute Gasteiger partial charge is 0.290 e. The molecule has 2 aromatic rings. The summed E-state index contributed by atoms with van der Waals surface area (Å²) in [5.41, 5.74) is 3.56. The standard InChI is InChI=1S/C22H28N4O/c1-14(2)26(22(5,6)7)13-12-18-16(4)23-21(24-19(18)26)25-20(27)17-10-8-15(3)9-11-17/h8-14H,1-7H3/p+1. The third-order valence-corrected chi connectivity index (χ3v) is 5.41. The van der Waals surface area contributed by atoms with Crippen molar-refractivity contribution in [3.05, 3.63) is 52.8 Å². The van der Waals surface area contributed by atoms with Gasteiger partial charge in [-0.1, -0.05) is 17.7 Å². The average Bonchev–Trinajstić information content (AvgIpc) is 2.96. The molecular weight excluding hydrogens is 336 g/mol. The summed E-state index contributed by atoms with van der Waals surface area (Å²) < 4.78 is 0.624. The number of carbonyl (C=O) groups is 1. The summed E-state index contributed by atoms with van der Waals surface area (Å²) in [5, 5.41) is 2.88. The predicted molar refractivity (Wildman–Crippen MR) is 112 cm³/mol. The van der Waals surface area contributed by atoms with Crippen molar-refractivity contribution in [2.45, 2.75) is 60.0 Å². The van der Waals surface area contributed by atoms with Gasteiger partial charge in [-0.05, 0) is 60.6 Å². The van der Waals surface area contributed by atoms with Crippen LogP contribution in [0.3, 0.4) is 0 Å². The van der Waals surface area contributed by atoms with E-state index < -0.39 is 0 Å². The molecule has 0 saturated carbocycles. The molecule has 0 bridgehead atoms. The predicted octanol–water partition coefficient (Wildman–Crippen LogP) is 4.84. The van der Waals surface area contributed by atoms with Crippen molar-refractivity contribution < 1.29 is 4.79 Å². The number of nitrogens with one attached hydrogen (secondary N) is 1. The lowest BCUT2D eigenvalue weighted by molar-refractivity contribution is 0.102. The number of carbonyl (C=O) groups excluding carboxylic acids is 1. The smallest absolute Gasteiger partial charge is 0.258 e. The van der Waals surface area contributed by atoms with Crippen molar-refractivity contribution in [2.75, 3.05) is 5.32 Å². The Labute approximate surface area is 161 Å². The molecule has 1 unspecified atom stereocenters. The minimum atomic E-state index is -0.196. The quantitative estimate of drug-likeness (QED) is 0.792. The van der Waals surface area contributed by atoms with Crippen molar-refractivity contribution in [1.82, 2.24) is 14.5 Å². The Bertz CT molecular complexity index is 907. The van der Waals surface area contributed by atoms with Crippen LogP contribution in [0, 0.1) is 13.8 Å². The van der Waals surface area contributed by atoms with Gasteiger partial charge in [-0.15, -0.1) is 0 Å². The lowest BCUT2D eigenvalue weighted by Gasteiger charge is -2.46. The van der Waals surface area contributed by atoms with Crippen LogP contribution in [0.15, 0.2) is 30.5 Å². The summed E-state index contributed by atoms with van der Waals surface area (Å²) in [5.74, 6) is 1.11. The van der Waals surface area contributed by atoms with Crippen LogP contribution in [0.4, 0.5) is 11.8 Å². The highest BCUT2D eigenvalue weighted by Gasteiger charge is 2.49. The number of anilines is 1. The molecule has 5 heteroatoms. The van der Waals surface area contributed by atoms with Crippen molar-refractivity contribution in [3.63, 3.8) is 0 Å². The summed E-state index contributed by atoms with van der Waals surface area (Å²) in [4.78, 5) is 22.0. The van der Waals surface area contributed by atoms with Crippen LogP contribution in [0.25, 0.3) is 6.08 Å². The Morgan fingerprint density at radius 1 is 1.07 bits per heavy atom. The maximum Gasteiger partial charge on any atom is 0.258 e. The van der Waals surface area contributed by atoms with Gasteiger partial charge in [-0.2, -0.15) is 4.98 Å². The number of hydrogen-bond donors (Lipinski definition) is 1. The van der Waals surface area contributed by atoms with Crippen molar-refractivity contribution in [3.8, 4) is 0 Å². The van der Waals surface area contributed by atoms with Gasteiger partial charge < -0.3 is 0 Å². The monoisotopic (exact) mass is 365 g/mol. The Morgan fingerprint density at radius 2 is 1.70 bits per heavy atom. The van der Waals surface area contributed by atoms with Gasteiger partial charge in [-0.25, -0.2) is 9.47 Å². The molecule has 0 fully saturated rings. The highest BCUT2D eigenvalue weighted by molar-refractivity contribution is 6.03. The first-order valence-electron chi connectivity index (χ1n) is 9.41. The molecule has 1 aromatic carbocycles. The second kappa shape index (κ2) is 6.57. The minimum Gasteiger partial charge on any atom is -0.290 e. The average molecular weight is 366 g/mol. The van der Waals surface area contributed by atoms with E-state index in [-0.39, 0.29) is 11.4 Å². The fourth-order valence-electron chi connectivity index (χ4n) is 3.97.